The summed E-state index contributed by atoms with van der Waals surface area (Å²) in [7, 11) is 0. The summed E-state index contributed by atoms with van der Waals surface area (Å²) in [4.78, 5) is 12.0. The molecule has 0 atom stereocenters. The van der Waals surface area contributed by atoms with Crippen LogP contribution in [0, 0.1) is 11.3 Å². The number of hydrogen-bond acceptors (Lipinski definition) is 3. The van der Waals surface area contributed by atoms with Crippen LogP contribution in [0.5, 0.6) is 0 Å². The van der Waals surface area contributed by atoms with E-state index in [1.165, 1.54) is 0 Å². The first kappa shape index (κ1) is 12.2. The van der Waals surface area contributed by atoms with Crippen LogP contribution in [0.4, 0.5) is 0 Å². The van der Waals surface area contributed by atoms with Crippen molar-refractivity contribution in [1.82, 2.24) is 4.40 Å². The van der Waals surface area contributed by atoms with E-state index < -0.39 is 0 Å². The molecule has 0 bridgehead atoms. The predicted octanol–water partition coefficient (Wildman–Crippen LogP) is 2.55. The fourth-order valence-electron chi connectivity index (χ4n) is 2.16. The van der Waals surface area contributed by atoms with Gasteiger partial charge in [-0.05, 0) is 25.5 Å². The molecule has 0 aromatic carbocycles. The van der Waals surface area contributed by atoms with Gasteiger partial charge in [-0.3, -0.25) is 0 Å². The van der Waals surface area contributed by atoms with Crippen molar-refractivity contribution >= 4 is 11.5 Å². The molecule has 0 aliphatic rings. The Balaban J connectivity index is 2.78. The van der Waals surface area contributed by atoms with Crippen molar-refractivity contribution in [3.8, 4) is 6.07 Å². The summed E-state index contributed by atoms with van der Waals surface area (Å²) in [6.07, 6.45) is 2.41. The second-order valence-corrected chi connectivity index (χ2v) is 3.84. The molecule has 4 nitrogen and oxygen atoms in total. The number of pyridine rings is 1. The van der Waals surface area contributed by atoms with Gasteiger partial charge in [0.05, 0.1) is 17.7 Å². The summed E-state index contributed by atoms with van der Waals surface area (Å²) in [5, 5.41) is 9.25. The maximum atomic E-state index is 12.0. The zero-order valence-corrected chi connectivity index (χ0v) is 10.4. The summed E-state index contributed by atoms with van der Waals surface area (Å²) in [5.41, 5.74) is 2.50. The van der Waals surface area contributed by atoms with Crippen LogP contribution in [0.2, 0.25) is 0 Å². The molecule has 18 heavy (non-hydrogen) atoms. The van der Waals surface area contributed by atoms with Crippen molar-refractivity contribution in [3.05, 3.63) is 41.2 Å². The molecule has 2 rings (SSSR count). The molecule has 92 valence electrons. The minimum Gasteiger partial charge on any atom is -0.462 e. The van der Waals surface area contributed by atoms with Gasteiger partial charge in [0, 0.05) is 11.8 Å². The van der Waals surface area contributed by atoms with E-state index in [1.54, 1.807) is 17.5 Å². The molecule has 0 fully saturated rings. The molecular weight excluding hydrogens is 228 g/mol. The lowest BCUT2D eigenvalue weighted by atomic mass is 10.1. The average Bonchev–Trinajstić information content (AvgIpc) is 2.72. The highest BCUT2D eigenvalue weighted by atomic mass is 16.5. The number of fused-ring (bicyclic) bond motifs is 1. The minimum absolute atomic E-state index is 0.327. The molecule has 2 aromatic heterocycles. The number of rotatable bonds is 3. The van der Waals surface area contributed by atoms with Gasteiger partial charge in [-0.1, -0.05) is 13.0 Å². The number of aromatic nitrogens is 1. The predicted molar refractivity (Wildman–Crippen MR) is 67.4 cm³/mol. The fraction of sp³-hybridized carbons (Fsp3) is 0.286. The first-order valence-corrected chi connectivity index (χ1v) is 5.93. The van der Waals surface area contributed by atoms with Crippen molar-refractivity contribution < 1.29 is 9.53 Å². The third-order valence-corrected chi connectivity index (χ3v) is 2.88. The smallest absolute Gasteiger partial charge is 0.340 e. The maximum absolute atomic E-state index is 12.0. The molecule has 2 heterocycles. The monoisotopic (exact) mass is 242 g/mol. The van der Waals surface area contributed by atoms with E-state index in [2.05, 4.69) is 6.07 Å². The standard InChI is InChI=1S/C14H14N2O2/c1-3-10-12(9-15)16-8-6-5-7-11(16)13(10)14(17)18-4-2/h5-8H,3-4H2,1-2H3. The lowest BCUT2D eigenvalue weighted by Gasteiger charge is -2.02. The molecule has 4 heteroatoms. The van der Waals surface area contributed by atoms with Gasteiger partial charge in [-0.25, -0.2) is 4.79 Å². The second-order valence-electron chi connectivity index (χ2n) is 3.84. The molecule has 0 saturated carbocycles. The average molecular weight is 242 g/mol. The number of hydrogen-bond donors (Lipinski definition) is 0. The van der Waals surface area contributed by atoms with Gasteiger partial charge in [0.2, 0.25) is 0 Å². The van der Waals surface area contributed by atoms with Crippen molar-refractivity contribution in [3.63, 3.8) is 0 Å². The number of nitrogens with zero attached hydrogens (tertiary/aromatic N) is 2. The summed E-state index contributed by atoms with van der Waals surface area (Å²) in [5.74, 6) is -0.362. The van der Waals surface area contributed by atoms with Gasteiger partial charge >= 0.3 is 5.97 Å². The van der Waals surface area contributed by atoms with E-state index in [4.69, 9.17) is 4.74 Å². The summed E-state index contributed by atoms with van der Waals surface area (Å²) < 4.78 is 6.82. The van der Waals surface area contributed by atoms with Gasteiger partial charge in [0.15, 0.2) is 0 Å². The van der Waals surface area contributed by atoms with Gasteiger partial charge in [-0.15, -0.1) is 0 Å². The Hall–Kier alpha value is -2.28. The van der Waals surface area contributed by atoms with Crippen LogP contribution in [-0.2, 0) is 11.2 Å². The van der Waals surface area contributed by atoms with Gasteiger partial charge < -0.3 is 9.14 Å². The molecule has 0 N–H and O–H groups in total. The van der Waals surface area contributed by atoms with Crippen LogP contribution in [0.25, 0.3) is 5.52 Å². The van der Waals surface area contributed by atoms with E-state index in [-0.39, 0.29) is 5.97 Å². The Morgan fingerprint density at radius 2 is 2.22 bits per heavy atom. The Morgan fingerprint density at radius 1 is 1.44 bits per heavy atom. The van der Waals surface area contributed by atoms with Crippen LogP contribution in [-0.4, -0.2) is 17.0 Å². The van der Waals surface area contributed by atoms with E-state index in [0.29, 0.717) is 24.3 Å². The quantitative estimate of drug-likeness (QED) is 0.777. The highest BCUT2D eigenvalue weighted by Crippen LogP contribution is 2.24. The van der Waals surface area contributed by atoms with Crippen LogP contribution in [0.3, 0.4) is 0 Å². The lowest BCUT2D eigenvalue weighted by molar-refractivity contribution is 0.0527. The normalized spacial score (nSPS) is 10.3. The topological polar surface area (TPSA) is 54.5 Å². The molecule has 0 aliphatic carbocycles. The Labute approximate surface area is 105 Å². The van der Waals surface area contributed by atoms with E-state index in [1.807, 2.05) is 25.1 Å². The Kier molecular flexibility index (Phi) is 3.33. The fourth-order valence-corrected chi connectivity index (χ4v) is 2.16. The minimum atomic E-state index is -0.362. The van der Waals surface area contributed by atoms with Crippen LogP contribution in [0.1, 0.15) is 35.5 Å². The highest BCUT2D eigenvalue weighted by molar-refractivity contribution is 6.00. The molecule has 0 unspecified atom stereocenters. The molecule has 0 saturated heterocycles. The molecule has 0 aliphatic heterocycles. The lowest BCUT2D eigenvalue weighted by Crippen LogP contribution is -2.06. The third kappa shape index (κ3) is 1.74. The molecule has 2 aromatic rings. The van der Waals surface area contributed by atoms with Gasteiger partial charge in [-0.2, -0.15) is 5.26 Å². The summed E-state index contributed by atoms with van der Waals surface area (Å²) >= 11 is 0. The molecule has 0 amide bonds. The molecule has 0 radical (unpaired) electrons. The first-order valence-electron chi connectivity index (χ1n) is 5.93. The maximum Gasteiger partial charge on any atom is 0.340 e. The Bertz CT molecular complexity index is 635. The number of nitriles is 1. The van der Waals surface area contributed by atoms with Gasteiger partial charge in [0.1, 0.15) is 11.8 Å². The molecule has 0 spiro atoms. The van der Waals surface area contributed by atoms with Crippen molar-refractivity contribution in [2.45, 2.75) is 20.3 Å². The van der Waals surface area contributed by atoms with Crippen LogP contribution >= 0.6 is 0 Å². The zero-order chi connectivity index (χ0) is 13.1. The zero-order valence-electron chi connectivity index (χ0n) is 10.4. The van der Waals surface area contributed by atoms with Crippen molar-refractivity contribution in [1.29, 1.82) is 5.26 Å². The number of ether oxygens (including phenoxy) is 1. The van der Waals surface area contributed by atoms with Crippen LogP contribution < -0.4 is 0 Å². The van der Waals surface area contributed by atoms with Crippen molar-refractivity contribution in [2.75, 3.05) is 6.61 Å². The molecular formula is C14H14N2O2. The van der Waals surface area contributed by atoms with E-state index in [9.17, 15) is 10.1 Å². The number of carbonyl (C=O) groups excluding carboxylic acids is 1. The summed E-state index contributed by atoms with van der Waals surface area (Å²) in [6, 6.07) is 7.67. The largest absolute Gasteiger partial charge is 0.462 e. The summed E-state index contributed by atoms with van der Waals surface area (Å²) in [6.45, 7) is 4.03. The first-order chi connectivity index (χ1) is 8.74. The van der Waals surface area contributed by atoms with E-state index in [0.717, 1.165) is 11.1 Å². The van der Waals surface area contributed by atoms with Crippen molar-refractivity contribution in [2.24, 2.45) is 0 Å². The number of esters is 1. The van der Waals surface area contributed by atoms with E-state index >= 15 is 0 Å². The highest BCUT2D eigenvalue weighted by Gasteiger charge is 2.22. The second kappa shape index (κ2) is 4.92. The SMILES string of the molecule is CCOC(=O)c1c(CC)c(C#N)n2ccccc12. The Morgan fingerprint density at radius 3 is 2.83 bits per heavy atom. The van der Waals surface area contributed by atoms with Gasteiger partial charge in [0.25, 0.3) is 0 Å². The number of carbonyl (C=O) groups is 1. The third-order valence-electron chi connectivity index (χ3n) is 2.88. The van der Waals surface area contributed by atoms with Crippen LogP contribution in [0.15, 0.2) is 24.4 Å².